The molecule has 0 aliphatic carbocycles. The molecule has 0 fully saturated rings. The van der Waals surface area contributed by atoms with Gasteiger partial charge in [-0.2, -0.15) is 0 Å². The molecule has 81 valence electrons. The van der Waals surface area contributed by atoms with Crippen LogP contribution in [-0.2, 0) is 0 Å². The molecule has 0 saturated heterocycles. The quantitative estimate of drug-likeness (QED) is 0.573. The zero-order chi connectivity index (χ0) is 11.4. The van der Waals surface area contributed by atoms with Gasteiger partial charge >= 0.3 is 0 Å². The number of halogens is 2. The van der Waals surface area contributed by atoms with Crippen molar-refractivity contribution >= 4 is 29.6 Å². The summed E-state index contributed by atoms with van der Waals surface area (Å²) in [6.07, 6.45) is 0. The number of benzene rings is 2. The summed E-state index contributed by atoms with van der Waals surface area (Å²) in [6, 6.07) is 20.4. The highest BCUT2D eigenvalue weighted by Gasteiger charge is 2.23. The van der Waals surface area contributed by atoms with Gasteiger partial charge in [0.05, 0.1) is 0 Å². The third-order valence-corrected chi connectivity index (χ3v) is 4.90. The van der Waals surface area contributed by atoms with Crippen molar-refractivity contribution in [3.05, 3.63) is 71.8 Å². The summed E-state index contributed by atoms with van der Waals surface area (Å²) in [6.45, 7) is 0. The van der Waals surface area contributed by atoms with Crippen molar-refractivity contribution in [1.29, 1.82) is 0 Å². The summed E-state index contributed by atoms with van der Waals surface area (Å²) in [4.78, 5) is 0. The van der Waals surface area contributed by atoms with Gasteiger partial charge < -0.3 is 0 Å². The van der Waals surface area contributed by atoms with Crippen LogP contribution in [0.15, 0.2) is 60.7 Å². The van der Waals surface area contributed by atoms with Gasteiger partial charge in [-0.25, -0.2) is 0 Å². The van der Waals surface area contributed by atoms with Crippen LogP contribution in [0.25, 0.3) is 0 Å². The van der Waals surface area contributed by atoms with E-state index in [-0.39, 0.29) is 5.54 Å². The predicted octanol–water partition coefficient (Wildman–Crippen LogP) is 4.32. The van der Waals surface area contributed by atoms with E-state index in [9.17, 15) is 0 Å². The molecule has 2 aromatic carbocycles. The Hall–Kier alpha value is -0.763. The maximum absolute atomic E-state index is 6.18. The zero-order valence-corrected chi connectivity index (χ0v) is 11.1. The maximum Gasteiger partial charge on any atom is 0.286 e. The molecular formula is C13H11Cl2Si. The number of rotatable bonds is 3. The van der Waals surface area contributed by atoms with Crippen LogP contribution in [0, 0.1) is 0 Å². The molecule has 0 spiro atoms. The van der Waals surface area contributed by atoms with E-state index >= 15 is 0 Å². The molecule has 0 unspecified atom stereocenters. The molecule has 2 aromatic rings. The third-order valence-electron chi connectivity index (χ3n) is 2.48. The monoisotopic (exact) mass is 265 g/mol. The molecule has 0 aliphatic rings. The summed E-state index contributed by atoms with van der Waals surface area (Å²) >= 11 is 12.4. The van der Waals surface area contributed by atoms with E-state index in [1.165, 1.54) is 11.1 Å². The van der Waals surface area contributed by atoms with Gasteiger partial charge in [-0.15, -0.1) is 22.2 Å². The van der Waals surface area contributed by atoms with Crippen molar-refractivity contribution in [2.75, 3.05) is 0 Å². The third kappa shape index (κ3) is 2.67. The minimum atomic E-state index is -1.43. The molecule has 0 atom stereocenters. The fourth-order valence-electron chi connectivity index (χ4n) is 1.74. The average Bonchev–Trinajstić information content (AvgIpc) is 2.31. The summed E-state index contributed by atoms with van der Waals surface area (Å²) in [5.74, 6) is 0. The van der Waals surface area contributed by atoms with E-state index in [4.69, 9.17) is 22.2 Å². The molecule has 0 aromatic heterocycles. The van der Waals surface area contributed by atoms with Crippen molar-refractivity contribution in [2.45, 2.75) is 5.54 Å². The van der Waals surface area contributed by atoms with Crippen LogP contribution < -0.4 is 0 Å². The maximum atomic E-state index is 6.18. The van der Waals surface area contributed by atoms with E-state index in [0.717, 1.165) is 0 Å². The van der Waals surface area contributed by atoms with Gasteiger partial charge in [0.25, 0.3) is 7.42 Å². The molecule has 0 amide bonds. The second kappa shape index (κ2) is 5.53. The topological polar surface area (TPSA) is 0 Å². The Balaban J connectivity index is 2.40. The first kappa shape index (κ1) is 11.7. The van der Waals surface area contributed by atoms with Gasteiger partial charge in [-0.3, -0.25) is 0 Å². The highest BCUT2D eigenvalue weighted by Crippen LogP contribution is 2.30. The normalized spacial score (nSPS) is 11.0. The van der Waals surface area contributed by atoms with Gasteiger partial charge in [0, 0.05) is 5.54 Å². The van der Waals surface area contributed by atoms with E-state index in [1.54, 1.807) is 0 Å². The van der Waals surface area contributed by atoms with Crippen molar-refractivity contribution in [3.8, 4) is 0 Å². The Morgan fingerprint density at radius 3 is 1.38 bits per heavy atom. The molecule has 0 bridgehead atoms. The fraction of sp³-hybridized carbons (Fsp3) is 0.0769. The van der Waals surface area contributed by atoms with Crippen LogP contribution in [0.5, 0.6) is 0 Å². The lowest BCUT2D eigenvalue weighted by atomic mass is 10.0. The highest BCUT2D eigenvalue weighted by atomic mass is 35.7. The lowest BCUT2D eigenvalue weighted by molar-refractivity contribution is 1.13. The van der Waals surface area contributed by atoms with E-state index in [1.807, 2.05) is 36.4 Å². The SMILES string of the molecule is Cl[Si](Cl)C(c1ccccc1)c1ccccc1. The van der Waals surface area contributed by atoms with Gasteiger partial charge in [0.15, 0.2) is 0 Å². The fourth-order valence-corrected chi connectivity index (χ4v) is 4.14. The van der Waals surface area contributed by atoms with Gasteiger partial charge in [-0.1, -0.05) is 60.7 Å². The molecule has 1 radical (unpaired) electrons. The highest BCUT2D eigenvalue weighted by molar-refractivity contribution is 7.34. The van der Waals surface area contributed by atoms with Crippen LogP contribution in [0.3, 0.4) is 0 Å². The van der Waals surface area contributed by atoms with Crippen LogP contribution in [0.1, 0.15) is 16.7 Å². The second-order valence-electron chi connectivity index (χ2n) is 3.54. The summed E-state index contributed by atoms with van der Waals surface area (Å²) in [7, 11) is -1.43. The number of hydrogen-bond donors (Lipinski definition) is 0. The Morgan fingerprint density at radius 2 is 1.06 bits per heavy atom. The van der Waals surface area contributed by atoms with Crippen LogP contribution in [-0.4, -0.2) is 7.42 Å². The number of hydrogen-bond acceptors (Lipinski definition) is 0. The van der Waals surface area contributed by atoms with E-state index in [0.29, 0.717) is 0 Å². The van der Waals surface area contributed by atoms with Crippen molar-refractivity contribution in [1.82, 2.24) is 0 Å². The lowest BCUT2D eigenvalue weighted by Crippen LogP contribution is -2.13. The molecule has 2 rings (SSSR count). The van der Waals surface area contributed by atoms with E-state index < -0.39 is 7.42 Å². The molecule has 0 heterocycles. The molecule has 0 N–H and O–H groups in total. The lowest BCUT2D eigenvalue weighted by Gasteiger charge is -2.17. The Labute approximate surface area is 107 Å². The smallest absolute Gasteiger partial charge is 0.146 e. The van der Waals surface area contributed by atoms with Crippen molar-refractivity contribution < 1.29 is 0 Å². The first-order valence-electron chi connectivity index (χ1n) is 5.07. The Bertz CT molecular complexity index is 389. The molecule has 3 heteroatoms. The second-order valence-corrected chi connectivity index (χ2v) is 7.72. The van der Waals surface area contributed by atoms with Crippen molar-refractivity contribution in [3.63, 3.8) is 0 Å². The summed E-state index contributed by atoms with van der Waals surface area (Å²) in [5.41, 5.74) is 2.51. The van der Waals surface area contributed by atoms with E-state index in [2.05, 4.69) is 24.3 Å². The zero-order valence-electron chi connectivity index (χ0n) is 8.61. The van der Waals surface area contributed by atoms with Gasteiger partial charge in [-0.05, 0) is 11.1 Å². The van der Waals surface area contributed by atoms with Crippen molar-refractivity contribution in [2.24, 2.45) is 0 Å². The first-order chi connectivity index (χ1) is 7.79. The molecule has 0 nitrogen and oxygen atoms in total. The largest absolute Gasteiger partial charge is 0.286 e. The Morgan fingerprint density at radius 1 is 0.688 bits per heavy atom. The van der Waals surface area contributed by atoms with Crippen LogP contribution >= 0.6 is 22.2 Å². The van der Waals surface area contributed by atoms with Gasteiger partial charge in [0.1, 0.15) is 0 Å². The average molecular weight is 266 g/mol. The van der Waals surface area contributed by atoms with Crippen LogP contribution in [0.2, 0.25) is 0 Å². The molecule has 0 aliphatic heterocycles. The minimum absolute atomic E-state index is 0.135. The van der Waals surface area contributed by atoms with Crippen LogP contribution in [0.4, 0.5) is 0 Å². The molecule has 0 saturated carbocycles. The summed E-state index contributed by atoms with van der Waals surface area (Å²) in [5, 5.41) is 0. The Kier molecular flexibility index (Phi) is 4.05. The first-order valence-corrected chi connectivity index (χ1v) is 8.67. The summed E-state index contributed by atoms with van der Waals surface area (Å²) < 4.78 is 0. The molecule has 16 heavy (non-hydrogen) atoms. The standard InChI is InChI=1S/C13H11Cl2Si/c14-16(15)13(11-7-3-1-4-8-11)12-9-5-2-6-10-12/h1-10,13H. The molecular weight excluding hydrogens is 255 g/mol. The predicted molar refractivity (Wildman–Crippen MR) is 72.2 cm³/mol. The minimum Gasteiger partial charge on any atom is -0.146 e. The van der Waals surface area contributed by atoms with Gasteiger partial charge in [0.2, 0.25) is 0 Å².